The van der Waals surface area contributed by atoms with E-state index in [1.807, 2.05) is 90.7 Å². The zero-order valence-corrected chi connectivity index (χ0v) is 38.4. The first-order valence-electron chi connectivity index (χ1n) is 23.9. The molecule has 0 spiro atoms. The summed E-state index contributed by atoms with van der Waals surface area (Å²) in [6.07, 6.45) is 6.99. The van der Waals surface area contributed by atoms with Crippen molar-refractivity contribution in [2.45, 2.75) is 121 Å². The summed E-state index contributed by atoms with van der Waals surface area (Å²) in [6, 6.07) is 21.5. The minimum Gasteiger partial charge on any atom is -0.370 e. The third kappa shape index (κ3) is 10.4. The number of hydrogen-bond acceptors (Lipinski definition) is 8. The van der Waals surface area contributed by atoms with Crippen molar-refractivity contribution in [1.29, 1.82) is 0 Å². The molecule has 0 radical (unpaired) electrons. The minimum atomic E-state index is -1.08. The van der Waals surface area contributed by atoms with Crippen molar-refractivity contribution in [2.75, 3.05) is 13.1 Å². The molecule has 3 saturated heterocycles. The SMILES string of the molecule is C[C@H]1CN(C(=O)[C@H]2CC[C@@H](CCc3ccc4c(c3)n(C)c(=O)n4C3CCC(=O)NC3=O)CC2)CC[C@H]2CC[C@@H](C(=O)N[C@@H](CCC(N)=O)C(=O)NC(c3ccccc3)c3ccccc3)N2C1=O. The van der Waals surface area contributed by atoms with Gasteiger partial charge in [-0.25, -0.2) is 4.79 Å². The molecule has 67 heavy (non-hydrogen) atoms. The Labute approximate surface area is 390 Å². The van der Waals surface area contributed by atoms with Crippen LogP contribution >= 0.6 is 0 Å². The lowest BCUT2D eigenvalue weighted by atomic mass is 9.79. The fourth-order valence-electron chi connectivity index (χ4n) is 10.9. The van der Waals surface area contributed by atoms with E-state index in [0.29, 0.717) is 37.2 Å². The van der Waals surface area contributed by atoms with E-state index in [9.17, 15) is 38.4 Å². The van der Waals surface area contributed by atoms with Gasteiger partial charge in [0.15, 0.2) is 0 Å². The van der Waals surface area contributed by atoms with Gasteiger partial charge in [-0.15, -0.1) is 0 Å². The predicted octanol–water partition coefficient (Wildman–Crippen LogP) is 3.94. The number of amides is 7. The molecular formula is C51H62N8O8. The number of carbonyl (C=O) groups excluding carboxylic acids is 7. The van der Waals surface area contributed by atoms with Crippen LogP contribution in [0.2, 0.25) is 0 Å². The van der Waals surface area contributed by atoms with Gasteiger partial charge < -0.3 is 26.2 Å². The number of hydrogen-bond donors (Lipinski definition) is 4. The predicted molar refractivity (Wildman–Crippen MR) is 250 cm³/mol. The highest BCUT2D eigenvalue weighted by atomic mass is 16.2. The summed E-state index contributed by atoms with van der Waals surface area (Å²) < 4.78 is 3.05. The van der Waals surface area contributed by atoms with Crippen molar-refractivity contribution in [1.82, 2.24) is 34.9 Å². The van der Waals surface area contributed by atoms with Gasteiger partial charge in [-0.05, 0) is 105 Å². The highest BCUT2D eigenvalue weighted by Gasteiger charge is 2.45. The Morgan fingerprint density at radius 1 is 0.806 bits per heavy atom. The van der Waals surface area contributed by atoms with Crippen molar-refractivity contribution in [3.05, 3.63) is 106 Å². The summed E-state index contributed by atoms with van der Waals surface area (Å²) in [5.74, 6) is -2.64. The molecule has 1 unspecified atom stereocenters. The number of imide groups is 1. The number of carbonyl (C=O) groups is 7. The van der Waals surface area contributed by atoms with Gasteiger partial charge in [0.2, 0.25) is 41.4 Å². The van der Waals surface area contributed by atoms with Crippen LogP contribution in [-0.2, 0) is 47.0 Å². The fourth-order valence-corrected chi connectivity index (χ4v) is 10.9. The Morgan fingerprint density at radius 2 is 1.49 bits per heavy atom. The molecule has 3 aliphatic heterocycles. The lowest BCUT2D eigenvalue weighted by Gasteiger charge is -2.39. The molecule has 4 aliphatic rings. The van der Waals surface area contributed by atoms with E-state index in [1.165, 1.54) is 4.57 Å². The maximum absolute atomic E-state index is 14.2. The van der Waals surface area contributed by atoms with Crippen LogP contribution in [0.25, 0.3) is 11.0 Å². The number of nitrogens with zero attached hydrogens (tertiary/aromatic N) is 4. The third-order valence-electron chi connectivity index (χ3n) is 14.6. The molecule has 4 aromatic rings. The van der Waals surface area contributed by atoms with E-state index in [2.05, 4.69) is 16.0 Å². The second kappa shape index (κ2) is 20.5. The summed E-state index contributed by atoms with van der Waals surface area (Å²) in [5.41, 5.74) is 9.40. The smallest absolute Gasteiger partial charge is 0.329 e. The molecule has 1 saturated carbocycles. The molecule has 3 aromatic carbocycles. The maximum Gasteiger partial charge on any atom is 0.329 e. The van der Waals surface area contributed by atoms with Crippen molar-refractivity contribution in [3.63, 3.8) is 0 Å². The summed E-state index contributed by atoms with van der Waals surface area (Å²) in [6.45, 7) is 2.55. The number of rotatable bonds is 14. The molecule has 16 nitrogen and oxygen atoms in total. The number of aryl methyl sites for hydroxylation is 2. The van der Waals surface area contributed by atoms with Crippen molar-refractivity contribution < 1.29 is 33.6 Å². The molecule has 16 heteroatoms. The maximum atomic E-state index is 14.2. The molecule has 7 amide bonds. The van der Waals surface area contributed by atoms with Gasteiger partial charge >= 0.3 is 5.69 Å². The van der Waals surface area contributed by atoms with E-state index >= 15 is 0 Å². The molecule has 4 fully saturated rings. The first-order valence-corrected chi connectivity index (χ1v) is 23.9. The highest BCUT2D eigenvalue weighted by Crippen LogP contribution is 2.36. The molecule has 354 valence electrons. The Morgan fingerprint density at radius 3 is 2.15 bits per heavy atom. The number of imidazole rings is 1. The largest absolute Gasteiger partial charge is 0.370 e. The average molecular weight is 915 g/mol. The van der Waals surface area contributed by atoms with E-state index in [-0.39, 0.29) is 67.6 Å². The molecule has 1 aromatic heterocycles. The Hall–Kier alpha value is -6.58. The third-order valence-corrected chi connectivity index (χ3v) is 14.6. The first-order chi connectivity index (χ1) is 32.3. The van der Waals surface area contributed by atoms with Crippen LogP contribution in [0, 0.1) is 17.8 Å². The van der Waals surface area contributed by atoms with Crippen LogP contribution in [0.15, 0.2) is 83.7 Å². The number of piperidine rings is 1. The number of nitrogens with two attached hydrogens (primary N) is 1. The Balaban J connectivity index is 0.850. The topological polar surface area (TPSA) is 215 Å². The highest BCUT2D eigenvalue weighted by molar-refractivity contribution is 6.00. The molecule has 5 N–H and O–H groups in total. The Bertz CT molecular complexity index is 2530. The van der Waals surface area contributed by atoms with Gasteiger partial charge in [-0.3, -0.25) is 48.0 Å². The number of primary amides is 1. The summed E-state index contributed by atoms with van der Waals surface area (Å²) >= 11 is 0. The minimum absolute atomic E-state index is 0.00699. The summed E-state index contributed by atoms with van der Waals surface area (Å²) in [7, 11) is 1.70. The van der Waals surface area contributed by atoms with Gasteiger partial charge in [-0.1, -0.05) is 73.7 Å². The number of fused-ring (bicyclic) bond motifs is 2. The molecule has 4 heterocycles. The second-order valence-corrected chi connectivity index (χ2v) is 19.1. The van der Waals surface area contributed by atoms with E-state index in [1.54, 1.807) is 16.5 Å². The van der Waals surface area contributed by atoms with Crippen molar-refractivity contribution >= 4 is 52.4 Å². The number of nitrogens with one attached hydrogen (secondary N) is 3. The first kappa shape index (κ1) is 46.9. The zero-order chi connectivity index (χ0) is 47.4. The van der Waals surface area contributed by atoms with Crippen LogP contribution in [0.3, 0.4) is 0 Å². The zero-order valence-electron chi connectivity index (χ0n) is 38.4. The van der Waals surface area contributed by atoms with Gasteiger partial charge in [0.25, 0.3) is 0 Å². The monoisotopic (exact) mass is 914 g/mol. The summed E-state index contributed by atoms with van der Waals surface area (Å²) in [5, 5.41) is 8.33. The lowest BCUT2D eigenvalue weighted by Crippen LogP contribution is -2.57. The van der Waals surface area contributed by atoms with Gasteiger partial charge in [-0.2, -0.15) is 0 Å². The molecule has 0 bridgehead atoms. The van der Waals surface area contributed by atoms with Crippen molar-refractivity contribution in [3.8, 4) is 0 Å². The van der Waals surface area contributed by atoms with Gasteiger partial charge in [0, 0.05) is 44.9 Å². The molecule has 8 rings (SSSR count). The number of aromatic nitrogens is 2. The van der Waals surface area contributed by atoms with Crippen LogP contribution in [-0.4, -0.2) is 91.5 Å². The van der Waals surface area contributed by atoms with Crippen LogP contribution in [0.5, 0.6) is 0 Å². The molecule has 1 aliphatic carbocycles. The van der Waals surface area contributed by atoms with Gasteiger partial charge in [0.05, 0.1) is 23.0 Å². The van der Waals surface area contributed by atoms with E-state index < -0.39 is 53.7 Å². The Kier molecular flexibility index (Phi) is 14.4. The van der Waals surface area contributed by atoms with Crippen LogP contribution in [0.1, 0.15) is 113 Å². The van der Waals surface area contributed by atoms with Gasteiger partial charge in [0.1, 0.15) is 18.1 Å². The molecule has 5 atom stereocenters. The number of benzene rings is 3. The van der Waals surface area contributed by atoms with Crippen LogP contribution in [0.4, 0.5) is 0 Å². The van der Waals surface area contributed by atoms with Crippen molar-refractivity contribution in [2.24, 2.45) is 30.5 Å². The van der Waals surface area contributed by atoms with Crippen LogP contribution < -0.4 is 27.4 Å². The normalized spacial score (nSPS) is 23.8. The van der Waals surface area contributed by atoms with E-state index in [0.717, 1.165) is 60.7 Å². The standard InChI is InChI=1S/C51H62N8O8/c1-31-30-57(50(66)36-18-15-32(16-19-36)13-14-33-17-22-39-42(29-33)56(2)51(67)59(39)41-24-26-44(61)54-48(41)64)28-27-37-20-23-40(58(37)49(31)65)47(63)53-38(21-25-43(52)60)46(62)55-45(34-9-5-3-6-10-34)35-11-7-4-8-12-35/h3-12,17,22,29,31-32,36-38,40-41,45H,13-16,18-21,23-28,30H2,1-2H3,(H2,52,60)(H,53,63)(H,55,62)(H,54,61,64)/t31-,32-,36+,37+,38-,40-,41?/m0/s1. The quantitative estimate of drug-likeness (QED) is 0.136. The van der Waals surface area contributed by atoms with E-state index in [4.69, 9.17) is 5.73 Å². The lowest BCUT2D eigenvalue weighted by molar-refractivity contribution is -0.148. The molecular weight excluding hydrogens is 853 g/mol. The average Bonchev–Trinajstić information content (AvgIpc) is 3.86. The second-order valence-electron chi connectivity index (χ2n) is 19.1. The summed E-state index contributed by atoms with van der Waals surface area (Å²) in [4.78, 5) is 109. The fraction of sp³-hybridized carbons (Fsp3) is 0.490.